The minimum atomic E-state index is 0.707. The molecule has 0 aliphatic carbocycles. The maximum absolute atomic E-state index is 4.99. The van der Waals surface area contributed by atoms with Crippen molar-refractivity contribution in [1.29, 1.82) is 0 Å². The van der Waals surface area contributed by atoms with Gasteiger partial charge in [0.25, 0.3) is 0 Å². The number of nitrogens with zero attached hydrogens (tertiary/aromatic N) is 3. The lowest BCUT2D eigenvalue weighted by atomic mass is 10.1. The second kappa shape index (κ2) is 9.40. The predicted octanol–water partition coefficient (Wildman–Crippen LogP) is 9.34. The Morgan fingerprint density at radius 2 is 0.974 bits per heavy atom. The zero-order valence-corrected chi connectivity index (χ0v) is 22.0. The van der Waals surface area contributed by atoms with Crippen LogP contribution in [0, 0.1) is 0 Å². The molecule has 0 aliphatic rings. The molecule has 0 unspecified atom stereocenters. The molecule has 0 atom stereocenters. The number of fused-ring (bicyclic) bond motifs is 3. The van der Waals surface area contributed by atoms with Gasteiger partial charge in [-0.05, 0) is 54.6 Å². The normalized spacial score (nSPS) is 11.3. The molecule has 38 heavy (non-hydrogen) atoms. The van der Waals surface area contributed by atoms with Gasteiger partial charge in [0.15, 0.2) is 5.82 Å². The number of halogens is 1. The van der Waals surface area contributed by atoms with E-state index < -0.39 is 0 Å². The van der Waals surface area contributed by atoms with Crippen LogP contribution in [0.2, 0.25) is 0 Å². The molecule has 3 nitrogen and oxygen atoms in total. The monoisotopic (exact) mass is 551 g/mol. The third-order valence-corrected chi connectivity index (χ3v) is 7.43. The Balaban J connectivity index is 1.36. The van der Waals surface area contributed by atoms with Crippen LogP contribution in [0.25, 0.3) is 61.4 Å². The van der Waals surface area contributed by atoms with Crippen molar-refractivity contribution in [3.63, 3.8) is 0 Å². The van der Waals surface area contributed by atoms with E-state index in [9.17, 15) is 0 Å². The molecule has 0 amide bonds. The lowest BCUT2D eigenvalue weighted by Crippen LogP contribution is -1.97. The maximum Gasteiger partial charge on any atom is 0.160 e. The van der Waals surface area contributed by atoms with Crippen molar-refractivity contribution in [1.82, 2.24) is 14.5 Å². The van der Waals surface area contributed by atoms with E-state index in [0.29, 0.717) is 5.82 Å². The molecule has 0 spiro atoms. The Kier molecular flexibility index (Phi) is 5.60. The summed E-state index contributed by atoms with van der Waals surface area (Å²) in [5, 5.41) is 2.51. The Morgan fingerprint density at radius 3 is 1.58 bits per heavy atom. The highest BCUT2D eigenvalue weighted by atomic mass is 79.9. The first kappa shape index (κ1) is 22.6. The third kappa shape index (κ3) is 4.00. The van der Waals surface area contributed by atoms with E-state index in [1.165, 1.54) is 21.8 Å². The number of rotatable bonds is 4. The average molecular weight is 552 g/mol. The van der Waals surface area contributed by atoms with E-state index in [0.717, 1.165) is 38.2 Å². The molecule has 2 aromatic heterocycles. The molecule has 0 saturated heterocycles. The van der Waals surface area contributed by atoms with E-state index in [4.69, 9.17) is 9.97 Å². The Morgan fingerprint density at radius 1 is 0.474 bits per heavy atom. The Labute approximate surface area is 229 Å². The van der Waals surface area contributed by atoms with Gasteiger partial charge in [0.2, 0.25) is 0 Å². The van der Waals surface area contributed by atoms with E-state index in [2.05, 4.69) is 124 Å². The summed E-state index contributed by atoms with van der Waals surface area (Å²) in [6.45, 7) is 0. The molecule has 180 valence electrons. The molecule has 7 rings (SSSR count). The van der Waals surface area contributed by atoms with Gasteiger partial charge in [0, 0.05) is 37.6 Å². The molecule has 5 aromatic carbocycles. The molecule has 2 heterocycles. The van der Waals surface area contributed by atoms with Gasteiger partial charge < -0.3 is 4.57 Å². The van der Waals surface area contributed by atoms with Crippen molar-refractivity contribution >= 4 is 37.7 Å². The van der Waals surface area contributed by atoms with Crippen molar-refractivity contribution in [2.45, 2.75) is 0 Å². The maximum atomic E-state index is 4.99. The molecule has 0 fully saturated rings. The quantitative estimate of drug-likeness (QED) is 0.218. The van der Waals surface area contributed by atoms with Gasteiger partial charge in [-0.25, -0.2) is 9.97 Å². The van der Waals surface area contributed by atoms with Crippen LogP contribution in [0.1, 0.15) is 0 Å². The van der Waals surface area contributed by atoms with Gasteiger partial charge in [-0.2, -0.15) is 0 Å². The second-order valence-electron chi connectivity index (χ2n) is 9.25. The summed E-state index contributed by atoms with van der Waals surface area (Å²) in [5.41, 5.74) is 8.40. The summed E-state index contributed by atoms with van der Waals surface area (Å²) in [6, 6.07) is 46.3. The van der Waals surface area contributed by atoms with Crippen LogP contribution < -0.4 is 0 Å². The number of para-hydroxylation sites is 2. The van der Waals surface area contributed by atoms with Crippen LogP contribution in [0.4, 0.5) is 0 Å². The van der Waals surface area contributed by atoms with Gasteiger partial charge in [0.05, 0.1) is 22.4 Å². The van der Waals surface area contributed by atoms with Gasteiger partial charge in [-0.15, -0.1) is 0 Å². The predicted molar refractivity (Wildman–Crippen MR) is 160 cm³/mol. The lowest BCUT2D eigenvalue weighted by Gasteiger charge is -2.11. The van der Waals surface area contributed by atoms with E-state index in [1.54, 1.807) is 0 Å². The highest BCUT2D eigenvalue weighted by Crippen LogP contribution is 2.33. The fraction of sp³-hybridized carbons (Fsp3) is 0. The third-order valence-electron chi connectivity index (χ3n) is 6.90. The molecule has 0 bridgehead atoms. The standard InChI is InChI=1S/C34H22BrN3/c35-26-18-14-24(15-19-26)31-22-30(23-8-2-1-3-9-23)36-34(37-31)25-16-20-27(21-17-25)38-32-12-6-4-10-28(32)29-11-5-7-13-33(29)38/h1-22H. The van der Waals surface area contributed by atoms with Crippen LogP contribution in [-0.2, 0) is 0 Å². The summed E-state index contributed by atoms with van der Waals surface area (Å²) in [5.74, 6) is 0.707. The molecule has 0 saturated carbocycles. The number of aromatic nitrogens is 3. The first-order chi connectivity index (χ1) is 18.7. The first-order valence-corrected chi connectivity index (χ1v) is 13.3. The van der Waals surface area contributed by atoms with Crippen molar-refractivity contribution < 1.29 is 0 Å². The van der Waals surface area contributed by atoms with E-state index in [1.807, 2.05) is 30.3 Å². The van der Waals surface area contributed by atoms with Crippen LogP contribution in [0.3, 0.4) is 0 Å². The van der Waals surface area contributed by atoms with Crippen molar-refractivity contribution in [2.75, 3.05) is 0 Å². The van der Waals surface area contributed by atoms with Crippen molar-refractivity contribution in [3.05, 3.63) is 138 Å². The number of benzene rings is 5. The number of hydrogen-bond acceptors (Lipinski definition) is 2. The van der Waals surface area contributed by atoms with Crippen molar-refractivity contribution in [3.8, 4) is 39.6 Å². The fourth-order valence-corrected chi connectivity index (χ4v) is 5.33. The minimum absolute atomic E-state index is 0.707. The molecule has 4 heteroatoms. The molecule has 7 aromatic rings. The van der Waals surface area contributed by atoms with Gasteiger partial charge in [-0.3, -0.25) is 0 Å². The Bertz CT molecular complexity index is 1850. The number of hydrogen-bond donors (Lipinski definition) is 0. The lowest BCUT2D eigenvalue weighted by molar-refractivity contribution is 1.16. The highest BCUT2D eigenvalue weighted by molar-refractivity contribution is 9.10. The van der Waals surface area contributed by atoms with Crippen LogP contribution in [-0.4, -0.2) is 14.5 Å². The summed E-state index contributed by atoms with van der Waals surface area (Å²) < 4.78 is 3.36. The summed E-state index contributed by atoms with van der Waals surface area (Å²) in [7, 11) is 0. The summed E-state index contributed by atoms with van der Waals surface area (Å²) in [6.07, 6.45) is 0. The molecular formula is C34H22BrN3. The van der Waals surface area contributed by atoms with Crippen LogP contribution in [0.5, 0.6) is 0 Å². The fourth-order valence-electron chi connectivity index (χ4n) is 5.06. The largest absolute Gasteiger partial charge is 0.309 e. The summed E-state index contributed by atoms with van der Waals surface area (Å²) >= 11 is 3.54. The van der Waals surface area contributed by atoms with Crippen LogP contribution >= 0.6 is 15.9 Å². The second-order valence-corrected chi connectivity index (χ2v) is 10.2. The minimum Gasteiger partial charge on any atom is -0.309 e. The molecule has 0 aliphatic heterocycles. The smallest absolute Gasteiger partial charge is 0.160 e. The SMILES string of the molecule is Brc1ccc(-c2cc(-c3ccccc3)nc(-c3ccc(-n4c5ccccc5c5ccccc54)cc3)n2)cc1. The van der Waals surface area contributed by atoms with E-state index >= 15 is 0 Å². The zero-order valence-electron chi connectivity index (χ0n) is 20.4. The topological polar surface area (TPSA) is 30.7 Å². The Hall–Kier alpha value is -4.54. The van der Waals surface area contributed by atoms with E-state index in [-0.39, 0.29) is 0 Å². The molecule has 0 N–H and O–H groups in total. The van der Waals surface area contributed by atoms with Gasteiger partial charge in [-0.1, -0.05) is 94.8 Å². The highest BCUT2D eigenvalue weighted by Gasteiger charge is 2.13. The van der Waals surface area contributed by atoms with Crippen LogP contribution in [0.15, 0.2) is 138 Å². The van der Waals surface area contributed by atoms with Gasteiger partial charge >= 0.3 is 0 Å². The zero-order chi connectivity index (χ0) is 25.5. The molecule has 0 radical (unpaired) electrons. The van der Waals surface area contributed by atoms with Crippen molar-refractivity contribution in [2.24, 2.45) is 0 Å². The molecular weight excluding hydrogens is 530 g/mol. The summed E-state index contributed by atoms with van der Waals surface area (Å²) in [4.78, 5) is 9.97. The average Bonchev–Trinajstić information content (AvgIpc) is 3.32. The van der Waals surface area contributed by atoms with Gasteiger partial charge in [0.1, 0.15) is 0 Å². The first-order valence-electron chi connectivity index (χ1n) is 12.5.